The van der Waals surface area contributed by atoms with Crippen LogP contribution in [0.4, 0.5) is 0 Å². The van der Waals surface area contributed by atoms with Gasteiger partial charge >= 0.3 is 0 Å². The van der Waals surface area contributed by atoms with Crippen molar-refractivity contribution in [2.45, 2.75) is 52.2 Å². The van der Waals surface area contributed by atoms with Gasteiger partial charge < -0.3 is 4.74 Å². The first-order chi connectivity index (χ1) is 8.05. The van der Waals surface area contributed by atoms with Crippen LogP contribution in [0.1, 0.15) is 37.9 Å². The maximum absolute atomic E-state index is 5.84. The highest BCUT2D eigenvalue weighted by Crippen LogP contribution is 2.23. The largest absolute Gasteiger partial charge is 0.374 e. The highest BCUT2D eigenvalue weighted by Gasteiger charge is 2.33. The van der Waals surface area contributed by atoms with Gasteiger partial charge in [0.1, 0.15) is 0 Å². The third kappa shape index (κ3) is 3.74. The molecular formula is C12H23N3OS. The zero-order valence-corrected chi connectivity index (χ0v) is 11.9. The predicted octanol–water partition coefficient (Wildman–Crippen LogP) is 2.03. The summed E-state index contributed by atoms with van der Waals surface area (Å²) in [6.45, 7) is 8.93. The van der Waals surface area contributed by atoms with Crippen LogP contribution >= 0.6 is 11.3 Å². The summed E-state index contributed by atoms with van der Waals surface area (Å²) in [6.07, 6.45) is 1.71. The SMILES string of the molecule is CCOC(C)(CC)C(Cc1csc(C)n1)NN. The molecule has 3 N–H and O–H groups in total. The lowest BCUT2D eigenvalue weighted by molar-refractivity contribution is -0.0552. The minimum atomic E-state index is -0.249. The highest BCUT2D eigenvalue weighted by atomic mass is 32.1. The first-order valence-electron chi connectivity index (χ1n) is 6.06. The molecule has 1 aromatic rings. The standard InChI is InChI=1S/C12H23N3OS/c1-5-12(4,16-6-2)11(15-13)7-10-8-17-9(3)14-10/h8,11,15H,5-7,13H2,1-4H3. The molecule has 0 aliphatic heterocycles. The van der Waals surface area contributed by atoms with Gasteiger partial charge in [0.25, 0.3) is 0 Å². The van der Waals surface area contributed by atoms with Gasteiger partial charge in [-0.2, -0.15) is 0 Å². The molecule has 0 aromatic carbocycles. The summed E-state index contributed by atoms with van der Waals surface area (Å²) < 4.78 is 5.84. The maximum Gasteiger partial charge on any atom is 0.0897 e. The Balaban J connectivity index is 2.75. The number of hydrogen-bond donors (Lipinski definition) is 2. The Labute approximate surface area is 108 Å². The van der Waals surface area contributed by atoms with Crippen molar-refractivity contribution in [2.75, 3.05) is 6.61 Å². The van der Waals surface area contributed by atoms with Gasteiger partial charge in [-0.15, -0.1) is 11.3 Å². The van der Waals surface area contributed by atoms with Crippen molar-refractivity contribution in [3.63, 3.8) is 0 Å². The lowest BCUT2D eigenvalue weighted by Crippen LogP contribution is -2.54. The minimum Gasteiger partial charge on any atom is -0.374 e. The summed E-state index contributed by atoms with van der Waals surface area (Å²) in [6, 6.07) is 0.0777. The van der Waals surface area contributed by atoms with E-state index in [4.69, 9.17) is 10.6 Å². The van der Waals surface area contributed by atoms with Crippen LogP contribution in [0, 0.1) is 6.92 Å². The van der Waals surface area contributed by atoms with Gasteiger partial charge in [-0.25, -0.2) is 4.98 Å². The molecule has 2 atom stereocenters. The van der Waals surface area contributed by atoms with Gasteiger partial charge in [0.15, 0.2) is 0 Å². The highest BCUT2D eigenvalue weighted by molar-refractivity contribution is 7.09. The van der Waals surface area contributed by atoms with Crippen molar-refractivity contribution in [1.29, 1.82) is 0 Å². The van der Waals surface area contributed by atoms with Crippen molar-refractivity contribution in [3.8, 4) is 0 Å². The van der Waals surface area contributed by atoms with Crippen molar-refractivity contribution in [1.82, 2.24) is 10.4 Å². The molecule has 5 heteroatoms. The summed E-state index contributed by atoms with van der Waals surface area (Å²) in [5, 5.41) is 3.17. The lowest BCUT2D eigenvalue weighted by atomic mass is 9.90. The third-order valence-corrected chi connectivity index (χ3v) is 4.02. The number of hydrazine groups is 1. The van der Waals surface area contributed by atoms with E-state index in [0.29, 0.717) is 6.61 Å². The first-order valence-corrected chi connectivity index (χ1v) is 6.94. The molecule has 0 saturated heterocycles. The molecule has 17 heavy (non-hydrogen) atoms. The Kier molecular flexibility index (Phi) is 5.52. The van der Waals surface area contributed by atoms with Crippen molar-refractivity contribution in [2.24, 2.45) is 5.84 Å². The zero-order chi connectivity index (χ0) is 12.9. The molecule has 0 spiro atoms. The van der Waals surface area contributed by atoms with Gasteiger partial charge in [0.2, 0.25) is 0 Å². The fraction of sp³-hybridized carbons (Fsp3) is 0.750. The van der Waals surface area contributed by atoms with Gasteiger partial charge in [-0.1, -0.05) is 6.92 Å². The van der Waals surface area contributed by atoms with E-state index in [1.165, 1.54) is 0 Å². The average Bonchev–Trinajstić information content (AvgIpc) is 2.72. The number of aromatic nitrogens is 1. The zero-order valence-electron chi connectivity index (χ0n) is 11.1. The van der Waals surface area contributed by atoms with E-state index in [0.717, 1.165) is 23.5 Å². The molecule has 0 aliphatic rings. The van der Waals surface area contributed by atoms with Gasteiger partial charge in [0, 0.05) is 18.4 Å². The van der Waals surface area contributed by atoms with Crippen LogP contribution in [0.2, 0.25) is 0 Å². The molecule has 1 rings (SSSR count). The summed E-state index contributed by atoms with van der Waals surface area (Å²) in [7, 11) is 0. The second-order valence-corrected chi connectivity index (χ2v) is 5.44. The fourth-order valence-corrected chi connectivity index (χ4v) is 2.57. The predicted molar refractivity (Wildman–Crippen MR) is 72.0 cm³/mol. The molecule has 4 nitrogen and oxygen atoms in total. The van der Waals surface area contributed by atoms with Crippen LogP contribution < -0.4 is 11.3 Å². The van der Waals surface area contributed by atoms with E-state index in [2.05, 4.69) is 29.6 Å². The molecule has 0 bridgehead atoms. The van der Waals surface area contributed by atoms with Gasteiger partial charge in [-0.3, -0.25) is 11.3 Å². The Hall–Kier alpha value is -0.490. The molecule has 0 aliphatic carbocycles. The van der Waals surface area contributed by atoms with Crippen LogP contribution in [0.25, 0.3) is 0 Å². The lowest BCUT2D eigenvalue weighted by Gasteiger charge is -2.36. The molecule has 2 unspecified atom stereocenters. The number of rotatable bonds is 7. The minimum absolute atomic E-state index is 0.0777. The number of nitrogens with one attached hydrogen (secondary N) is 1. The Morgan fingerprint density at radius 1 is 1.59 bits per heavy atom. The van der Waals surface area contributed by atoms with E-state index in [1.54, 1.807) is 11.3 Å². The first kappa shape index (κ1) is 14.6. The topological polar surface area (TPSA) is 60.2 Å². The summed E-state index contributed by atoms with van der Waals surface area (Å²) >= 11 is 1.67. The summed E-state index contributed by atoms with van der Waals surface area (Å²) in [5.74, 6) is 5.66. The van der Waals surface area contributed by atoms with Crippen LogP contribution in [0.3, 0.4) is 0 Å². The van der Waals surface area contributed by atoms with E-state index < -0.39 is 0 Å². The van der Waals surface area contributed by atoms with E-state index in [1.807, 2.05) is 13.8 Å². The maximum atomic E-state index is 5.84. The third-order valence-electron chi connectivity index (χ3n) is 3.19. The number of aryl methyl sites for hydroxylation is 1. The smallest absolute Gasteiger partial charge is 0.0897 e. The van der Waals surface area contributed by atoms with Gasteiger partial charge in [-0.05, 0) is 27.2 Å². The molecule has 0 saturated carbocycles. The van der Waals surface area contributed by atoms with Crippen LogP contribution in [0.15, 0.2) is 5.38 Å². The molecule has 0 radical (unpaired) electrons. The van der Waals surface area contributed by atoms with Crippen molar-refractivity contribution < 1.29 is 4.74 Å². The van der Waals surface area contributed by atoms with Crippen LogP contribution in [0.5, 0.6) is 0 Å². The number of ether oxygens (including phenoxy) is 1. The van der Waals surface area contributed by atoms with Crippen LogP contribution in [-0.2, 0) is 11.2 Å². The van der Waals surface area contributed by atoms with E-state index in [-0.39, 0.29) is 11.6 Å². The number of nitrogens with two attached hydrogens (primary N) is 1. The summed E-state index contributed by atoms with van der Waals surface area (Å²) in [4.78, 5) is 4.47. The molecule has 0 amide bonds. The second kappa shape index (κ2) is 6.44. The number of thiazole rings is 1. The number of nitrogens with zero attached hydrogens (tertiary/aromatic N) is 1. The molecule has 1 aromatic heterocycles. The normalized spacial score (nSPS) is 16.8. The van der Waals surface area contributed by atoms with Gasteiger partial charge in [0.05, 0.1) is 22.3 Å². The number of hydrogen-bond acceptors (Lipinski definition) is 5. The average molecular weight is 257 g/mol. The van der Waals surface area contributed by atoms with E-state index >= 15 is 0 Å². The molecule has 0 fully saturated rings. The van der Waals surface area contributed by atoms with E-state index in [9.17, 15) is 0 Å². The molecule has 1 heterocycles. The monoisotopic (exact) mass is 257 g/mol. The van der Waals surface area contributed by atoms with Crippen molar-refractivity contribution in [3.05, 3.63) is 16.1 Å². The van der Waals surface area contributed by atoms with Crippen LogP contribution in [-0.4, -0.2) is 23.2 Å². The summed E-state index contributed by atoms with van der Waals surface area (Å²) in [5.41, 5.74) is 3.71. The molecule has 98 valence electrons. The second-order valence-electron chi connectivity index (χ2n) is 4.38. The Morgan fingerprint density at radius 3 is 2.71 bits per heavy atom. The fourth-order valence-electron chi connectivity index (χ4n) is 1.94. The molecular weight excluding hydrogens is 234 g/mol. The Morgan fingerprint density at radius 2 is 2.29 bits per heavy atom. The quantitative estimate of drug-likeness (QED) is 0.579. The van der Waals surface area contributed by atoms with Crippen molar-refractivity contribution >= 4 is 11.3 Å². The Bertz CT molecular complexity index is 342.